The Balaban J connectivity index is 2.15. The maximum atomic E-state index is 2.63. The molecule has 0 fully saturated rings. The molecule has 2 heteroatoms. The van der Waals surface area contributed by atoms with Gasteiger partial charge in [-0.05, 0) is 32.1 Å². The van der Waals surface area contributed by atoms with Crippen LogP contribution < -0.4 is 4.57 Å². The van der Waals surface area contributed by atoms with Gasteiger partial charge in [-0.3, -0.25) is 0 Å². The van der Waals surface area contributed by atoms with Gasteiger partial charge in [0.15, 0.2) is 0 Å². The third kappa shape index (κ3) is 25.1. The van der Waals surface area contributed by atoms with E-state index in [4.69, 9.17) is 0 Å². The van der Waals surface area contributed by atoms with Gasteiger partial charge in [-0.2, -0.15) is 0 Å². The molecule has 1 heterocycles. The molecule has 0 aromatic carbocycles. The fourth-order valence-corrected chi connectivity index (χ4v) is 6.86. The van der Waals surface area contributed by atoms with E-state index in [1.54, 1.807) is 5.82 Å². The van der Waals surface area contributed by atoms with Crippen LogP contribution in [0.2, 0.25) is 0 Å². The van der Waals surface area contributed by atoms with E-state index in [1.165, 1.54) is 225 Å². The topological polar surface area (TPSA) is 8.81 Å². The maximum Gasteiger partial charge on any atom is 0.256 e. The van der Waals surface area contributed by atoms with Crippen LogP contribution in [0.5, 0.6) is 0 Å². The van der Waals surface area contributed by atoms with Crippen LogP contribution >= 0.6 is 0 Å². The summed E-state index contributed by atoms with van der Waals surface area (Å²) < 4.78 is 5.24. The SMILES string of the molecule is CCCCCCCCCCCCCCCCCC[n+]1ccn(CCCCCC)c1CCCCCCCCCCCCCC. The molecule has 0 spiro atoms. The predicted octanol–water partition coefficient (Wildman–Crippen LogP) is 13.9. The second-order valence-electron chi connectivity index (χ2n) is 14.1. The highest BCUT2D eigenvalue weighted by Crippen LogP contribution is 2.15. The molecule has 2 nitrogen and oxygen atoms in total. The summed E-state index contributed by atoms with van der Waals surface area (Å²) in [5.41, 5.74) is 0. The summed E-state index contributed by atoms with van der Waals surface area (Å²) in [5.74, 6) is 1.62. The van der Waals surface area contributed by atoms with E-state index >= 15 is 0 Å². The van der Waals surface area contributed by atoms with Crippen LogP contribution in [-0.4, -0.2) is 4.57 Å². The Kier molecular flexibility index (Phi) is 30.5. The van der Waals surface area contributed by atoms with Crippen molar-refractivity contribution in [2.24, 2.45) is 0 Å². The molecule has 0 saturated heterocycles. The van der Waals surface area contributed by atoms with Gasteiger partial charge in [0.2, 0.25) is 0 Å². The summed E-state index contributed by atoms with van der Waals surface area (Å²) in [6, 6.07) is 0. The van der Waals surface area contributed by atoms with Gasteiger partial charge in [0.25, 0.3) is 5.82 Å². The molecule has 1 aromatic rings. The largest absolute Gasteiger partial charge is 0.256 e. The van der Waals surface area contributed by atoms with Crippen molar-refractivity contribution in [2.45, 2.75) is 246 Å². The quantitative estimate of drug-likeness (QED) is 0.0540. The molecular formula is C41H81N2+. The van der Waals surface area contributed by atoms with E-state index in [2.05, 4.69) is 42.3 Å². The molecule has 43 heavy (non-hydrogen) atoms. The van der Waals surface area contributed by atoms with Crippen LogP contribution in [-0.2, 0) is 19.5 Å². The second kappa shape index (κ2) is 32.6. The normalized spacial score (nSPS) is 11.6. The highest BCUT2D eigenvalue weighted by molar-refractivity contribution is 4.84. The molecule has 0 amide bonds. The fraction of sp³-hybridized carbons (Fsp3) is 0.927. The molecule has 0 bridgehead atoms. The summed E-state index contributed by atoms with van der Waals surface area (Å²) in [5, 5.41) is 0. The van der Waals surface area contributed by atoms with Gasteiger partial charge < -0.3 is 0 Å². The molecule has 0 saturated carbocycles. The third-order valence-corrected chi connectivity index (χ3v) is 9.85. The van der Waals surface area contributed by atoms with Gasteiger partial charge in [0.05, 0.1) is 13.1 Å². The van der Waals surface area contributed by atoms with Gasteiger partial charge in [0.1, 0.15) is 12.4 Å². The van der Waals surface area contributed by atoms with E-state index in [-0.39, 0.29) is 0 Å². The van der Waals surface area contributed by atoms with Gasteiger partial charge in [0, 0.05) is 6.42 Å². The standard InChI is InChI=1S/C41H81N2/c1-4-7-10-13-15-17-19-21-22-23-24-26-28-30-32-35-38-43-40-39-42(37-34-12-9-6-3)41(43)36-33-31-29-27-25-20-18-16-14-11-8-5-2/h39-40H,4-38H2,1-3H3/q+1. The van der Waals surface area contributed by atoms with Crippen molar-refractivity contribution in [1.82, 2.24) is 4.57 Å². The van der Waals surface area contributed by atoms with Gasteiger partial charge >= 0.3 is 0 Å². The number of unbranched alkanes of at least 4 members (excludes halogenated alkanes) is 29. The Morgan fingerprint density at radius 1 is 0.395 bits per heavy atom. The predicted molar refractivity (Wildman–Crippen MR) is 193 cm³/mol. The maximum absolute atomic E-state index is 2.63. The van der Waals surface area contributed by atoms with E-state index in [9.17, 15) is 0 Å². The molecule has 1 rings (SSSR count). The number of aryl methyl sites for hydroxylation is 2. The lowest BCUT2D eigenvalue weighted by molar-refractivity contribution is -0.704. The number of hydrogen-bond donors (Lipinski definition) is 0. The lowest BCUT2D eigenvalue weighted by Gasteiger charge is -2.07. The number of aromatic nitrogens is 2. The van der Waals surface area contributed by atoms with Crippen molar-refractivity contribution >= 4 is 0 Å². The number of nitrogens with zero attached hydrogens (tertiary/aromatic N) is 2. The minimum Gasteiger partial charge on any atom is -0.234 e. The Hall–Kier alpha value is -0.790. The highest BCUT2D eigenvalue weighted by Gasteiger charge is 2.16. The molecule has 0 aliphatic heterocycles. The summed E-state index contributed by atoms with van der Waals surface area (Å²) in [6.45, 7) is 9.39. The first-order valence-corrected chi connectivity index (χ1v) is 20.4. The average molecular weight is 602 g/mol. The van der Waals surface area contributed by atoms with Crippen molar-refractivity contribution in [1.29, 1.82) is 0 Å². The molecule has 1 aromatic heterocycles. The fourth-order valence-electron chi connectivity index (χ4n) is 6.86. The van der Waals surface area contributed by atoms with E-state index in [1.807, 2.05) is 0 Å². The Morgan fingerprint density at radius 3 is 1.12 bits per heavy atom. The minimum absolute atomic E-state index is 1.22. The summed E-state index contributed by atoms with van der Waals surface area (Å²) in [6.07, 6.45) is 51.9. The zero-order chi connectivity index (χ0) is 30.9. The van der Waals surface area contributed by atoms with Crippen molar-refractivity contribution in [2.75, 3.05) is 0 Å². The molecule has 0 radical (unpaired) electrons. The van der Waals surface area contributed by atoms with E-state index in [0.29, 0.717) is 0 Å². The monoisotopic (exact) mass is 602 g/mol. The van der Waals surface area contributed by atoms with Crippen LogP contribution in [0.3, 0.4) is 0 Å². The zero-order valence-corrected chi connectivity index (χ0v) is 30.3. The first-order chi connectivity index (χ1) is 21.3. The molecule has 0 aliphatic carbocycles. The Bertz CT molecular complexity index is 663. The number of hydrogen-bond acceptors (Lipinski definition) is 0. The van der Waals surface area contributed by atoms with Crippen LogP contribution in [0.25, 0.3) is 0 Å². The Labute approximate surface area is 272 Å². The highest BCUT2D eigenvalue weighted by atomic mass is 15.1. The first kappa shape index (κ1) is 40.2. The average Bonchev–Trinajstić information content (AvgIpc) is 3.40. The summed E-state index contributed by atoms with van der Waals surface area (Å²) >= 11 is 0. The van der Waals surface area contributed by atoms with Crippen molar-refractivity contribution in [3.63, 3.8) is 0 Å². The summed E-state index contributed by atoms with van der Waals surface area (Å²) in [4.78, 5) is 0. The number of imidazole rings is 1. The molecular weight excluding hydrogens is 520 g/mol. The van der Waals surface area contributed by atoms with Crippen molar-refractivity contribution in [3.8, 4) is 0 Å². The minimum atomic E-state index is 1.22. The van der Waals surface area contributed by atoms with Crippen LogP contribution in [0, 0.1) is 0 Å². The lowest BCUT2D eigenvalue weighted by Crippen LogP contribution is -2.37. The molecule has 254 valence electrons. The van der Waals surface area contributed by atoms with Crippen LogP contribution in [0.1, 0.15) is 232 Å². The number of rotatable bonds is 35. The van der Waals surface area contributed by atoms with E-state index < -0.39 is 0 Å². The Morgan fingerprint density at radius 2 is 0.721 bits per heavy atom. The lowest BCUT2D eigenvalue weighted by atomic mass is 10.0. The van der Waals surface area contributed by atoms with Gasteiger partial charge in [-0.1, -0.05) is 194 Å². The zero-order valence-electron chi connectivity index (χ0n) is 30.3. The van der Waals surface area contributed by atoms with Crippen molar-refractivity contribution < 1.29 is 4.57 Å². The molecule has 0 aliphatic rings. The van der Waals surface area contributed by atoms with Crippen LogP contribution in [0.15, 0.2) is 12.4 Å². The van der Waals surface area contributed by atoms with Gasteiger partial charge in [-0.15, -0.1) is 0 Å². The summed E-state index contributed by atoms with van der Waals surface area (Å²) in [7, 11) is 0. The van der Waals surface area contributed by atoms with Crippen LogP contribution in [0.4, 0.5) is 0 Å². The first-order valence-electron chi connectivity index (χ1n) is 20.4. The van der Waals surface area contributed by atoms with Crippen molar-refractivity contribution in [3.05, 3.63) is 18.2 Å². The molecule has 0 N–H and O–H groups in total. The third-order valence-electron chi connectivity index (χ3n) is 9.85. The molecule has 0 unspecified atom stereocenters. The second-order valence-corrected chi connectivity index (χ2v) is 14.1. The molecule has 0 atom stereocenters. The smallest absolute Gasteiger partial charge is 0.234 e. The van der Waals surface area contributed by atoms with Gasteiger partial charge in [-0.25, -0.2) is 9.13 Å². The van der Waals surface area contributed by atoms with E-state index in [0.717, 1.165) is 0 Å².